The molecule has 0 unspecified atom stereocenters. The van der Waals surface area contributed by atoms with Crippen molar-refractivity contribution in [2.45, 2.75) is 32.2 Å². The number of carbonyl (C=O) groups excluding carboxylic acids is 1. The van der Waals surface area contributed by atoms with Gasteiger partial charge in [-0.1, -0.05) is 18.3 Å². The van der Waals surface area contributed by atoms with E-state index in [0.717, 1.165) is 30.9 Å². The van der Waals surface area contributed by atoms with Gasteiger partial charge in [-0.2, -0.15) is 0 Å². The van der Waals surface area contributed by atoms with Gasteiger partial charge < -0.3 is 10.6 Å². The van der Waals surface area contributed by atoms with Crippen LogP contribution in [0.25, 0.3) is 0 Å². The van der Waals surface area contributed by atoms with Crippen LogP contribution in [-0.4, -0.2) is 28.7 Å². The second kappa shape index (κ2) is 4.57. The topological polar surface area (TPSA) is 66.9 Å². The van der Waals surface area contributed by atoms with Gasteiger partial charge in [-0.15, -0.1) is 10.2 Å². The second-order valence-electron chi connectivity index (χ2n) is 3.59. The van der Waals surface area contributed by atoms with E-state index in [2.05, 4.69) is 27.8 Å². The van der Waals surface area contributed by atoms with Crippen molar-refractivity contribution >= 4 is 22.4 Å². The maximum Gasteiger partial charge on any atom is 0.282 e. The van der Waals surface area contributed by atoms with Crippen molar-refractivity contribution in [2.24, 2.45) is 0 Å². The van der Waals surface area contributed by atoms with Crippen LogP contribution in [0.3, 0.4) is 0 Å². The molecule has 82 valence electrons. The lowest BCUT2D eigenvalue weighted by atomic mass is 10.5. The molecule has 1 fully saturated rings. The molecule has 15 heavy (non-hydrogen) atoms. The van der Waals surface area contributed by atoms with E-state index >= 15 is 0 Å². The quantitative estimate of drug-likeness (QED) is 0.793. The standard InChI is InChI=1S/C9H14N4OS/c1-2-5-10-9-13-12-8(15-9)7(14)11-6-3-4-6/h6H,2-5H2,1H3,(H,10,13)(H,11,14). The Balaban J connectivity index is 1.89. The summed E-state index contributed by atoms with van der Waals surface area (Å²) in [6, 6.07) is 0.369. The number of nitrogens with zero attached hydrogens (tertiary/aromatic N) is 2. The van der Waals surface area contributed by atoms with E-state index < -0.39 is 0 Å². The summed E-state index contributed by atoms with van der Waals surface area (Å²) >= 11 is 1.31. The minimum absolute atomic E-state index is 0.0976. The average molecular weight is 226 g/mol. The van der Waals surface area contributed by atoms with E-state index in [1.54, 1.807) is 0 Å². The van der Waals surface area contributed by atoms with Crippen molar-refractivity contribution in [1.29, 1.82) is 0 Å². The SMILES string of the molecule is CCCNc1nnc(C(=O)NC2CC2)s1. The van der Waals surface area contributed by atoms with Gasteiger partial charge in [0.1, 0.15) is 0 Å². The van der Waals surface area contributed by atoms with Gasteiger partial charge in [0, 0.05) is 12.6 Å². The molecule has 0 spiro atoms. The number of aromatic nitrogens is 2. The fraction of sp³-hybridized carbons (Fsp3) is 0.667. The van der Waals surface area contributed by atoms with Crippen LogP contribution >= 0.6 is 11.3 Å². The van der Waals surface area contributed by atoms with Crippen molar-refractivity contribution < 1.29 is 4.79 Å². The summed E-state index contributed by atoms with van der Waals surface area (Å²) in [7, 11) is 0. The third-order valence-electron chi connectivity index (χ3n) is 2.06. The Labute approximate surface area is 92.3 Å². The molecule has 1 saturated carbocycles. The van der Waals surface area contributed by atoms with E-state index in [1.165, 1.54) is 11.3 Å². The Hall–Kier alpha value is -1.17. The van der Waals surface area contributed by atoms with Gasteiger partial charge in [-0.25, -0.2) is 0 Å². The van der Waals surface area contributed by atoms with Crippen LogP contribution in [0.15, 0.2) is 0 Å². The van der Waals surface area contributed by atoms with Gasteiger partial charge in [0.05, 0.1) is 0 Å². The highest BCUT2D eigenvalue weighted by Crippen LogP contribution is 2.21. The van der Waals surface area contributed by atoms with E-state index in [4.69, 9.17) is 0 Å². The molecule has 0 aromatic carbocycles. The minimum Gasteiger partial charge on any atom is -0.360 e. The van der Waals surface area contributed by atoms with Gasteiger partial charge in [0.25, 0.3) is 5.91 Å². The van der Waals surface area contributed by atoms with E-state index in [1.807, 2.05) is 0 Å². The number of hydrogen-bond acceptors (Lipinski definition) is 5. The molecule has 0 aliphatic heterocycles. The van der Waals surface area contributed by atoms with E-state index in [-0.39, 0.29) is 5.91 Å². The molecule has 0 saturated heterocycles. The van der Waals surface area contributed by atoms with Crippen molar-refractivity contribution in [3.8, 4) is 0 Å². The highest BCUT2D eigenvalue weighted by Gasteiger charge is 2.25. The van der Waals surface area contributed by atoms with Crippen molar-refractivity contribution in [3.63, 3.8) is 0 Å². The number of amides is 1. The molecule has 0 bridgehead atoms. The first kappa shape index (κ1) is 10.4. The zero-order valence-electron chi connectivity index (χ0n) is 8.62. The van der Waals surface area contributed by atoms with Crippen molar-refractivity contribution in [3.05, 3.63) is 5.01 Å². The van der Waals surface area contributed by atoms with Gasteiger partial charge >= 0.3 is 0 Å². The molecule has 0 atom stereocenters. The molecule has 0 radical (unpaired) electrons. The molecule has 5 nitrogen and oxygen atoms in total. The normalized spacial score (nSPS) is 15.0. The van der Waals surface area contributed by atoms with E-state index in [9.17, 15) is 4.79 Å². The lowest BCUT2D eigenvalue weighted by molar-refractivity contribution is 0.0950. The molecule has 6 heteroatoms. The van der Waals surface area contributed by atoms with Gasteiger partial charge in [0.2, 0.25) is 10.1 Å². The van der Waals surface area contributed by atoms with E-state index in [0.29, 0.717) is 11.0 Å². The summed E-state index contributed by atoms with van der Waals surface area (Å²) in [6.45, 7) is 2.94. The number of hydrogen-bond donors (Lipinski definition) is 2. The van der Waals surface area contributed by atoms with Crippen LogP contribution in [0, 0.1) is 0 Å². The first-order valence-corrected chi connectivity index (χ1v) is 5.99. The molecule has 1 aliphatic rings. The molecule has 1 aromatic heterocycles. The Morgan fingerprint density at radius 3 is 3.00 bits per heavy atom. The van der Waals surface area contributed by atoms with Gasteiger partial charge in [-0.05, 0) is 19.3 Å². The van der Waals surface area contributed by atoms with Crippen molar-refractivity contribution in [2.75, 3.05) is 11.9 Å². The number of rotatable bonds is 5. The molecule has 2 N–H and O–H groups in total. The van der Waals surface area contributed by atoms with Crippen LogP contribution in [0.4, 0.5) is 5.13 Å². The summed E-state index contributed by atoms with van der Waals surface area (Å²) in [5.74, 6) is -0.0976. The zero-order valence-corrected chi connectivity index (χ0v) is 9.43. The smallest absolute Gasteiger partial charge is 0.282 e. The summed E-state index contributed by atoms with van der Waals surface area (Å²) in [5, 5.41) is 14.9. The maximum absolute atomic E-state index is 11.6. The molecular weight excluding hydrogens is 212 g/mol. The lowest BCUT2D eigenvalue weighted by Crippen LogP contribution is -2.25. The largest absolute Gasteiger partial charge is 0.360 e. The van der Waals surface area contributed by atoms with Gasteiger partial charge in [-0.3, -0.25) is 4.79 Å². The summed E-state index contributed by atoms with van der Waals surface area (Å²) in [5.41, 5.74) is 0. The fourth-order valence-electron chi connectivity index (χ4n) is 1.09. The highest BCUT2D eigenvalue weighted by molar-refractivity contribution is 7.17. The first-order chi connectivity index (χ1) is 7.29. The summed E-state index contributed by atoms with van der Waals surface area (Å²) in [4.78, 5) is 11.6. The zero-order chi connectivity index (χ0) is 10.7. The predicted molar refractivity (Wildman–Crippen MR) is 59.2 cm³/mol. The van der Waals surface area contributed by atoms with Crippen LogP contribution < -0.4 is 10.6 Å². The van der Waals surface area contributed by atoms with Gasteiger partial charge in [0.15, 0.2) is 0 Å². The third kappa shape index (κ3) is 2.89. The second-order valence-corrected chi connectivity index (χ2v) is 4.56. The van der Waals surface area contributed by atoms with Crippen LogP contribution in [-0.2, 0) is 0 Å². The molecule has 1 heterocycles. The Bertz CT molecular complexity index is 348. The molecule has 1 aliphatic carbocycles. The average Bonchev–Trinajstić information content (AvgIpc) is 2.92. The number of nitrogens with one attached hydrogen (secondary N) is 2. The Morgan fingerprint density at radius 2 is 2.33 bits per heavy atom. The summed E-state index contributed by atoms with van der Waals surface area (Å²) < 4.78 is 0. The number of anilines is 1. The molecule has 1 aromatic rings. The van der Waals surface area contributed by atoms with Crippen LogP contribution in [0.2, 0.25) is 0 Å². The lowest BCUT2D eigenvalue weighted by Gasteiger charge is -1.97. The first-order valence-electron chi connectivity index (χ1n) is 5.18. The highest BCUT2D eigenvalue weighted by atomic mass is 32.1. The molecule has 1 amide bonds. The molecular formula is C9H14N4OS. The summed E-state index contributed by atoms with van der Waals surface area (Å²) in [6.07, 6.45) is 3.21. The fourth-order valence-corrected chi connectivity index (χ4v) is 1.77. The monoisotopic (exact) mass is 226 g/mol. The Kier molecular flexibility index (Phi) is 3.15. The van der Waals surface area contributed by atoms with Crippen molar-refractivity contribution in [1.82, 2.24) is 15.5 Å². The minimum atomic E-state index is -0.0976. The number of carbonyl (C=O) groups is 1. The Morgan fingerprint density at radius 1 is 1.53 bits per heavy atom. The maximum atomic E-state index is 11.6. The third-order valence-corrected chi connectivity index (χ3v) is 2.94. The van der Waals surface area contributed by atoms with Crippen LogP contribution in [0.5, 0.6) is 0 Å². The predicted octanol–water partition coefficient (Wildman–Crippen LogP) is 1.25. The van der Waals surface area contributed by atoms with Crippen LogP contribution in [0.1, 0.15) is 36.0 Å². The molecule has 2 rings (SSSR count).